The molecule has 1 heteroatoms. The fourth-order valence-electron chi connectivity index (χ4n) is 2.86. The summed E-state index contributed by atoms with van der Waals surface area (Å²) in [5, 5.41) is 0. The molecule has 1 aliphatic carbocycles. The molecular formula is C18H17Br. The molecule has 0 bridgehead atoms. The Kier molecular flexibility index (Phi) is 3.10. The predicted octanol–water partition coefficient (Wildman–Crippen LogP) is 5.69. The van der Waals surface area contributed by atoms with Crippen molar-refractivity contribution in [3.05, 3.63) is 62.6 Å². The van der Waals surface area contributed by atoms with Gasteiger partial charge < -0.3 is 0 Å². The lowest BCUT2D eigenvalue weighted by molar-refractivity contribution is 1.19. The number of aryl methyl sites for hydroxylation is 1. The van der Waals surface area contributed by atoms with E-state index in [9.17, 15) is 0 Å². The van der Waals surface area contributed by atoms with Crippen molar-refractivity contribution in [3.63, 3.8) is 0 Å². The van der Waals surface area contributed by atoms with Crippen molar-refractivity contribution in [2.24, 2.45) is 0 Å². The summed E-state index contributed by atoms with van der Waals surface area (Å²) in [5.41, 5.74) is 9.75. The summed E-state index contributed by atoms with van der Waals surface area (Å²) in [7, 11) is 0. The van der Waals surface area contributed by atoms with Gasteiger partial charge in [0.2, 0.25) is 0 Å². The largest absolute Gasteiger partial charge is 0.0683 e. The van der Waals surface area contributed by atoms with Crippen LogP contribution in [0.5, 0.6) is 0 Å². The van der Waals surface area contributed by atoms with Gasteiger partial charge in [-0.25, -0.2) is 0 Å². The summed E-state index contributed by atoms with van der Waals surface area (Å²) in [6.07, 6.45) is 3.38. The van der Waals surface area contributed by atoms with Crippen LogP contribution >= 0.6 is 15.9 Å². The molecule has 96 valence electrons. The average Bonchev–Trinajstić information content (AvgIpc) is 2.72. The third kappa shape index (κ3) is 2.17. The highest BCUT2D eigenvalue weighted by molar-refractivity contribution is 9.10. The van der Waals surface area contributed by atoms with Crippen LogP contribution in [0.3, 0.4) is 0 Å². The number of halogens is 1. The molecule has 0 nitrogen and oxygen atoms in total. The Morgan fingerprint density at radius 2 is 1.79 bits per heavy atom. The minimum Gasteiger partial charge on any atom is -0.0683 e. The molecule has 1 aliphatic rings. The van der Waals surface area contributed by atoms with E-state index in [1.54, 1.807) is 0 Å². The number of benzene rings is 2. The first-order valence-corrected chi connectivity index (χ1v) is 7.42. The molecule has 0 unspecified atom stereocenters. The van der Waals surface area contributed by atoms with Crippen molar-refractivity contribution in [2.45, 2.75) is 27.2 Å². The van der Waals surface area contributed by atoms with Gasteiger partial charge in [-0.3, -0.25) is 0 Å². The topological polar surface area (TPSA) is 0 Å². The van der Waals surface area contributed by atoms with Crippen molar-refractivity contribution in [3.8, 4) is 11.1 Å². The van der Waals surface area contributed by atoms with Crippen LogP contribution in [0.4, 0.5) is 0 Å². The van der Waals surface area contributed by atoms with E-state index in [4.69, 9.17) is 0 Å². The number of allylic oxidation sites excluding steroid dienone is 1. The molecule has 2 aromatic rings. The number of hydrogen-bond donors (Lipinski definition) is 0. The molecule has 0 N–H and O–H groups in total. The van der Waals surface area contributed by atoms with Crippen LogP contribution in [0.25, 0.3) is 17.2 Å². The standard InChI is InChI=1S/C18H17Br/c1-11-7-14-9-15(19)10-18(17(14)8-11)16-6-4-5-12(2)13(16)3/h4-7,9-10H,8H2,1-3H3. The summed E-state index contributed by atoms with van der Waals surface area (Å²) in [6, 6.07) is 11.0. The smallest absolute Gasteiger partial charge is 0.0187 e. The molecule has 0 fully saturated rings. The maximum atomic E-state index is 3.65. The van der Waals surface area contributed by atoms with Gasteiger partial charge >= 0.3 is 0 Å². The normalized spacial score (nSPS) is 13.4. The molecule has 0 aromatic heterocycles. The van der Waals surface area contributed by atoms with Crippen LogP contribution in [0.1, 0.15) is 29.2 Å². The SMILES string of the molecule is CC1=Cc2cc(Br)cc(-c3cccc(C)c3C)c2C1. The Bertz CT molecular complexity index is 693. The molecule has 0 saturated carbocycles. The second kappa shape index (κ2) is 4.64. The summed E-state index contributed by atoms with van der Waals surface area (Å²) < 4.78 is 1.16. The number of fused-ring (bicyclic) bond motifs is 1. The molecule has 2 aromatic carbocycles. The fraction of sp³-hybridized carbons (Fsp3) is 0.222. The van der Waals surface area contributed by atoms with Gasteiger partial charge in [0.25, 0.3) is 0 Å². The second-order valence-corrected chi connectivity index (χ2v) is 6.35. The molecule has 19 heavy (non-hydrogen) atoms. The van der Waals surface area contributed by atoms with Crippen LogP contribution in [0, 0.1) is 13.8 Å². The van der Waals surface area contributed by atoms with Crippen molar-refractivity contribution in [1.82, 2.24) is 0 Å². The van der Waals surface area contributed by atoms with E-state index in [1.165, 1.54) is 39.0 Å². The van der Waals surface area contributed by atoms with E-state index in [0.29, 0.717) is 0 Å². The Morgan fingerprint density at radius 3 is 2.58 bits per heavy atom. The summed E-state index contributed by atoms with van der Waals surface area (Å²) >= 11 is 3.65. The highest BCUT2D eigenvalue weighted by Gasteiger charge is 2.17. The van der Waals surface area contributed by atoms with E-state index < -0.39 is 0 Å². The first-order valence-electron chi connectivity index (χ1n) is 6.62. The monoisotopic (exact) mass is 312 g/mol. The van der Waals surface area contributed by atoms with Gasteiger partial charge in [-0.2, -0.15) is 0 Å². The molecule has 0 amide bonds. The van der Waals surface area contributed by atoms with Gasteiger partial charge in [0, 0.05) is 4.47 Å². The minimum atomic E-state index is 1.07. The Labute approximate surface area is 123 Å². The first kappa shape index (κ1) is 12.7. The van der Waals surface area contributed by atoms with Crippen LogP contribution in [0.2, 0.25) is 0 Å². The Morgan fingerprint density at radius 1 is 1.00 bits per heavy atom. The van der Waals surface area contributed by atoms with E-state index in [-0.39, 0.29) is 0 Å². The van der Waals surface area contributed by atoms with Crippen molar-refractivity contribution in [1.29, 1.82) is 0 Å². The van der Waals surface area contributed by atoms with Crippen molar-refractivity contribution >= 4 is 22.0 Å². The molecular weight excluding hydrogens is 296 g/mol. The fourth-order valence-corrected chi connectivity index (χ4v) is 3.34. The Balaban J connectivity index is 2.26. The Hall–Kier alpha value is -1.34. The first-order chi connectivity index (χ1) is 9.06. The zero-order valence-electron chi connectivity index (χ0n) is 11.5. The summed E-state index contributed by atoms with van der Waals surface area (Å²) in [6.45, 7) is 6.61. The lowest BCUT2D eigenvalue weighted by Crippen LogP contribution is -1.94. The van der Waals surface area contributed by atoms with Crippen LogP contribution in [-0.2, 0) is 6.42 Å². The van der Waals surface area contributed by atoms with Crippen LogP contribution in [-0.4, -0.2) is 0 Å². The number of rotatable bonds is 1. The quantitative estimate of drug-likeness (QED) is 0.634. The van der Waals surface area contributed by atoms with Crippen LogP contribution in [0.15, 0.2) is 40.4 Å². The summed E-state index contributed by atoms with van der Waals surface area (Å²) in [4.78, 5) is 0. The lowest BCUT2D eigenvalue weighted by Gasteiger charge is -2.14. The van der Waals surface area contributed by atoms with E-state index in [2.05, 4.69) is 73.1 Å². The molecule has 0 saturated heterocycles. The highest BCUT2D eigenvalue weighted by Crippen LogP contribution is 2.38. The highest BCUT2D eigenvalue weighted by atomic mass is 79.9. The maximum Gasteiger partial charge on any atom is 0.0187 e. The zero-order valence-corrected chi connectivity index (χ0v) is 13.1. The summed E-state index contributed by atoms with van der Waals surface area (Å²) in [5.74, 6) is 0. The van der Waals surface area contributed by atoms with Crippen LogP contribution < -0.4 is 0 Å². The molecule has 0 spiro atoms. The minimum absolute atomic E-state index is 1.07. The van der Waals surface area contributed by atoms with E-state index >= 15 is 0 Å². The van der Waals surface area contributed by atoms with Gasteiger partial charge in [0.05, 0.1) is 0 Å². The predicted molar refractivity (Wildman–Crippen MR) is 86.4 cm³/mol. The van der Waals surface area contributed by atoms with Crippen molar-refractivity contribution < 1.29 is 0 Å². The van der Waals surface area contributed by atoms with E-state index in [0.717, 1.165) is 10.9 Å². The third-order valence-electron chi connectivity index (χ3n) is 4.00. The third-order valence-corrected chi connectivity index (χ3v) is 4.46. The van der Waals surface area contributed by atoms with Crippen molar-refractivity contribution in [2.75, 3.05) is 0 Å². The lowest BCUT2D eigenvalue weighted by atomic mass is 9.91. The van der Waals surface area contributed by atoms with Gasteiger partial charge in [-0.05, 0) is 72.7 Å². The average molecular weight is 313 g/mol. The van der Waals surface area contributed by atoms with E-state index in [1.807, 2.05) is 0 Å². The molecule has 0 aliphatic heterocycles. The maximum absolute atomic E-state index is 3.65. The van der Waals surface area contributed by atoms with Gasteiger partial charge in [-0.1, -0.05) is 45.8 Å². The molecule has 0 heterocycles. The van der Waals surface area contributed by atoms with Gasteiger partial charge in [-0.15, -0.1) is 0 Å². The van der Waals surface area contributed by atoms with Gasteiger partial charge in [0.15, 0.2) is 0 Å². The zero-order chi connectivity index (χ0) is 13.6. The molecule has 0 radical (unpaired) electrons. The molecule has 0 atom stereocenters. The molecule has 3 rings (SSSR count). The van der Waals surface area contributed by atoms with Gasteiger partial charge in [0.1, 0.15) is 0 Å². The number of hydrogen-bond acceptors (Lipinski definition) is 0. The second-order valence-electron chi connectivity index (χ2n) is 5.44.